The van der Waals surface area contributed by atoms with E-state index in [1.807, 2.05) is 45.0 Å². The van der Waals surface area contributed by atoms with Gasteiger partial charge >= 0.3 is 6.03 Å². The van der Waals surface area contributed by atoms with Crippen LogP contribution < -0.4 is 20.3 Å². The molecule has 0 unspecified atom stereocenters. The SMILES string of the molecule is CC(C)(C)NC(=O)NCCN1CCOc2ccccc21. The van der Waals surface area contributed by atoms with Gasteiger partial charge in [0.1, 0.15) is 12.4 Å². The van der Waals surface area contributed by atoms with Gasteiger partial charge in [0.05, 0.1) is 12.2 Å². The fourth-order valence-corrected chi connectivity index (χ4v) is 2.15. The summed E-state index contributed by atoms with van der Waals surface area (Å²) < 4.78 is 5.61. The highest BCUT2D eigenvalue weighted by Crippen LogP contribution is 2.30. The van der Waals surface area contributed by atoms with Gasteiger partial charge < -0.3 is 20.3 Å². The van der Waals surface area contributed by atoms with Gasteiger partial charge in [-0.3, -0.25) is 0 Å². The summed E-state index contributed by atoms with van der Waals surface area (Å²) in [7, 11) is 0. The van der Waals surface area contributed by atoms with E-state index >= 15 is 0 Å². The molecule has 5 nitrogen and oxygen atoms in total. The number of fused-ring (bicyclic) bond motifs is 1. The first-order chi connectivity index (χ1) is 9.46. The van der Waals surface area contributed by atoms with Crippen LogP contribution in [-0.4, -0.2) is 37.8 Å². The number of para-hydroxylation sites is 2. The first-order valence-corrected chi connectivity index (χ1v) is 6.98. The number of hydrogen-bond donors (Lipinski definition) is 2. The number of carbonyl (C=O) groups is 1. The van der Waals surface area contributed by atoms with Crippen LogP contribution in [0.5, 0.6) is 5.75 Å². The second kappa shape index (κ2) is 6.03. The Bertz CT molecular complexity index is 468. The molecule has 0 aromatic heterocycles. The number of amides is 2. The Balaban J connectivity index is 1.82. The van der Waals surface area contributed by atoms with Crippen molar-refractivity contribution in [2.45, 2.75) is 26.3 Å². The van der Waals surface area contributed by atoms with Gasteiger partial charge in [-0.15, -0.1) is 0 Å². The Kier molecular flexibility index (Phi) is 4.37. The van der Waals surface area contributed by atoms with E-state index in [9.17, 15) is 4.79 Å². The molecule has 20 heavy (non-hydrogen) atoms. The summed E-state index contributed by atoms with van der Waals surface area (Å²) in [5, 5.41) is 5.77. The van der Waals surface area contributed by atoms with Crippen LogP contribution in [0.4, 0.5) is 10.5 Å². The summed E-state index contributed by atoms with van der Waals surface area (Å²) in [5.74, 6) is 0.915. The van der Waals surface area contributed by atoms with Crippen LogP contribution in [0.2, 0.25) is 0 Å². The highest BCUT2D eigenvalue weighted by atomic mass is 16.5. The second-order valence-corrected chi connectivity index (χ2v) is 5.93. The maximum absolute atomic E-state index is 11.7. The number of nitrogens with one attached hydrogen (secondary N) is 2. The maximum atomic E-state index is 11.7. The lowest BCUT2D eigenvalue weighted by Crippen LogP contribution is -2.48. The molecule has 0 saturated heterocycles. The van der Waals surface area contributed by atoms with Gasteiger partial charge in [0, 0.05) is 18.6 Å². The van der Waals surface area contributed by atoms with Crippen molar-refractivity contribution in [1.29, 1.82) is 0 Å². The van der Waals surface area contributed by atoms with Crippen molar-refractivity contribution in [2.75, 3.05) is 31.1 Å². The molecule has 1 aromatic carbocycles. The second-order valence-electron chi connectivity index (χ2n) is 5.93. The van der Waals surface area contributed by atoms with Crippen LogP contribution in [0.25, 0.3) is 0 Å². The predicted molar refractivity (Wildman–Crippen MR) is 80.4 cm³/mol. The molecule has 2 amide bonds. The molecular formula is C15H23N3O2. The number of rotatable bonds is 3. The van der Waals surface area contributed by atoms with Crippen LogP contribution in [0.1, 0.15) is 20.8 Å². The van der Waals surface area contributed by atoms with Crippen LogP contribution >= 0.6 is 0 Å². The molecule has 1 aliphatic rings. The molecule has 5 heteroatoms. The van der Waals surface area contributed by atoms with E-state index in [4.69, 9.17) is 4.74 Å². The van der Waals surface area contributed by atoms with E-state index in [1.165, 1.54) is 0 Å². The first kappa shape index (κ1) is 14.5. The third-order valence-corrected chi connectivity index (χ3v) is 2.98. The highest BCUT2D eigenvalue weighted by molar-refractivity contribution is 5.74. The largest absolute Gasteiger partial charge is 0.490 e. The minimum absolute atomic E-state index is 0.126. The van der Waals surface area contributed by atoms with Gasteiger partial charge in [0.2, 0.25) is 0 Å². The number of anilines is 1. The molecular weight excluding hydrogens is 254 g/mol. The fourth-order valence-electron chi connectivity index (χ4n) is 2.15. The lowest BCUT2D eigenvalue weighted by molar-refractivity contribution is 0.232. The Morgan fingerprint density at radius 1 is 1.35 bits per heavy atom. The van der Waals surface area contributed by atoms with E-state index in [-0.39, 0.29) is 11.6 Å². The van der Waals surface area contributed by atoms with Crippen LogP contribution in [0.15, 0.2) is 24.3 Å². The lowest BCUT2D eigenvalue weighted by Gasteiger charge is -2.31. The van der Waals surface area contributed by atoms with Gasteiger partial charge in [0.25, 0.3) is 0 Å². The first-order valence-electron chi connectivity index (χ1n) is 6.98. The molecule has 110 valence electrons. The van der Waals surface area contributed by atoms with E-state index in [0.29, 0.717) is 13.2 Å². The van der Waals surface area contributed by atoms with E-state index < -0.39 is 0 Å². The van der Waals surface area contributed by atoms with E-state index in [1.54, 1.807) is 0 Å². The molecule has 0 saturated carbocycles. The van der Waals surface area contributed by atoms with Crippen molar-refractivity contribution in [1.82, 2.24) is 10.6 Å². The summed E-state index contributed by atoms with van der Waals surface area (Å²) in [6, 6.07) is 7.86. The van der Waals surface area contributed by atoms with Crippen molar-refractivity contribution in [3.05, 3.63) is 24.3 Å². The van der Waals surface area contributed by atoms with Crippen molar-refractivity contribution in [3.8, 4) is 5.75 Å². The molecule has 1 aromatic rings. The average Bonchev–Trinajstić information content (AvgIpc) is 2.37. The maximum Gasteiger partial charge on any atom is 0.315 e. The van der Waals surface area contributed by atoms with Gasteiger partial charge in [-0.1, -0.05) is 12.1 Å². The zero-order chi connectivity index (χ0) is 14.6. The Hall–Kier alpha value is -1.91. The molecule has 1 heterocycles. The van der Waals surface area contributed by atoms with Crippen LogP contribution in [0.3, 0.4) is 0 Å². The van der Waals surface area contributed by atoms with Gasteiger partial charge in [-0.25, -0.2) is 4.79 Å². The number of carbonyl (C=O) groups excluding carboxylic acids is 1. The number of benzene rings is 1. The standard InChI is InChI=1S/C15H23N3O2/c1-15(2,3)17-14(19)16-8-9-18-10-11-20-13-7-5-4-6-12(13)18/h4-7H,8-11H2,1-3H3,(H2,16,17,19). The van der Waals surface area contributed by atoms with Crippen LogP contribution in [-0.2, 0) is 0 Å². The Labute approximate surface area is 120 Å². The number of urea groups is 1. The molecule has 2 N–H and O–H groups in total. The van der Waals surface area contributed by atoms with Crippen molar-refractivity contribution in [3.63, 3.8) is 0 Å². The summed E-state index contributed by atoms with van der Waals surface area (Å²) in [6.07, 6.45) is 0. The Morgan fingerprint density at radius 3 is 2.85 bits per heavy atom. The lowest BCUT2D eigenvalue weighted by atomic mass is 10.1. The quantitative estimate of drug-likeness (QED) is 0.888. The average molecular weight is 277 g/mol. The molecule has 0 atom stereocenters. The smallest absolute Gasteiger partial charge is 0.315 e. The third-order valence-electron chi connectivity index (χ3n) is 2.98. The minimum atomic E-state index is -0.213. The summed E-state index contributed by atoms with van der Waals surface area (Å²) in [6.45, 7) is 8.80. The number of ether oxygens (including phenoxy) is 1. The van der Waals surface area contributed by atoms with Crippen molar-refractivity contribution in [2.24, 2.45) is 0 Å². The van der Waals surface area contributed by atoms with Gasteiger partial charge in [0.15, 0.2) is 0 Å². The molecule has 0 bridgehead atoms. The van der Waals surface area contributed by atoms with Gasteiger partial charge in [-0.2, -0.15) is 0 Å². The monoisotopic (exact) mass is 277 g/mol. The molecule has 1 aliphatic heterocycles. The topological polar surface area (TPSA) is 53.6 Å². The summed E-state index contributed by atoms with van der Waals surface area (Å²) in [4.78, 5) is 13.9. The van der Waals surface area contributed by atoms with Crippen LogP contribution in [0, 0.1) is 0 Å². The van der Waals surface area contributed by atoms with Crippen molar-refractivity contribution < 1.29 is 9.53 Å². The predicted octanol–water partition coefficient (Wildman–Crippen LogP) is 1.98. The highest BCUT2D eigenvalue weighted by Gasteiger charge is 2.17. The minimum Gasteiger partial charge on any atom is -0.490 e. The van der Waals surface area contributed by atoms with E-state index in [0.717, 1.165) is 24.5 Å². The van der Waals surface area contributed by atoms with Gasteiger partial charge in [-0.05, 0) is 32.9 Å². The Morgan fingerprint density at radius 2 is 2.10 bits per heavy atom. The fraction of sp³-hybridized carbons (Fsp3) is 0.533. The molecule has 0 aliphatic carbocycles. The normalized spacial score (nSPS) is 14.2. The zero-order valence-electron chi connectivity index (χ0n) is 12.4. The molecule has 0 fully saturated rings. The van der Waals surface area contributed by atoms with E-state index in [2.05, 4.69) is 15.5 Å². The number of hydrogen-bond acceptors (Lipinski definition) is 3. The summed E-state index contributed by atoms with van der Waals surface area (Å²) in [5.41, 5.74) is 0.882. The molecule has 0 spiro atoms. The number of nitrogens with zero attached hydrogens (tertiary/aromatic N) is 1. The third kappa shape index (κ3) is 4.05. The zero-order valence-corrected chi connectivity index (χ0v) is 12.4. The molecule has 0 radical (unpaired) electrons. The molecule has 2 rings (SSSR count). The van der Waals surface area contributed by atoms with Crippen molar-refractivity contribution >= 4 is 11.7 Å². The summed E-state index contributed by atoms with van der Waals surface area (Å²) >= 11 is 0.